The Balaban J connectivity index is 2.06. The lowest BCUT2D eigenvalue weighted by Gasteiger charge is -2.29. The minimum Gasteiger partial charge on any atom is -0.388 e. The summed E-state index contributed by atoms with van der Waals surface area (Å²) in [6, 6.07) is 0.132. The first-order valence-electron chi connectivity index (χ1n) is 7.11. The second kappa shape index (κ2) is 6.19. The Morgan fingerprint density at radius 1 is 1.21 bits per heavy atom. The summed E-state index contributed by atoms with van der Waals surface area (Å²) in [6.45, 7) is 1.61. The van der Waals surface area contributed by atoms with Crippen LogP contribution in [0, 0.1) is 5.41 Å². The zero-order chi connectivity index (χ0) is 13.9. The van der Waals surface area contributed by atoms with Gasteiger partial charge in [0.05, 0.1) is 5.84 Å². The summed E-state index contributed by atoms with van der Waals surface area (Å²) in [5, 5.41) is 7.28. The molecule has 2 aliphatic rings. The van der Waals surface area contributed by atoms with E-state index in [0.29, 0.717) is 26.1 Å². The molecule has 0 amide bonds. The second-order valence-corrected chi connectivity index (χ2v) is 7.32. The molecule has 1 aliphatic carbocycles. The predicted molar refractivity (Wildman–Crippen MR) is 75.2 cm³/mol. The monoisotopic (exact) mass is 288 g/mol. The summed E-state index contributed by atoms with van der Waals surface area (Å²) in [4.78, 5) is 0. The van der Waals surface area contributed by atoms with Crippen molar-refractivity contribution in [2.24, 2.45) is 5.73 Å². The van der Waals surface area contributed by atoms with E-state index in [9.17, 15) is 8.42 Å². The molecule has 19 heavy (non-hydrogen) atoms. The maximum absolute atomic E-state index is 12.7. The highest BCUT2D eigenvalue weighted by atomic mass is 32.2. The third-order valence-electron chi connectivity index (χ3n) is 3.74. The van der Waals surface area contributed by atoms with E-state index in [1.54, 1.807) is 8.61 Å². The van der Waals surface area contributed by atoms with Crippen LogP contribution in [0.4, 0.5) is 0 Å². The van der Waals surface area contributed by atoms with Gasteiger partial charge < -0.3 is 5.73 Å². The molecule has 1 saturated carbocycles. The smallest absolute Gasteiger partial charge is 0.282 e. The Hall–Kier alpha value is -0.660. The summed E-state index contributed by atoms with van der Waals surface area (Å²) in [5.41, 5.74) is 5.36. The van der Waals surface area contributed by atoms with Gasteiger partial charge in [-0.05, 0) is 25.7 Å². The highest BCUT2D eigenvalue weighted by molar-refractivity contribution is 7.86. The molecule has 3 N–H and O–H groups in total. The first kappa shape index (κ1) is 14.7. The first-order valence-corrected chi connectivity index (χ1v) is 8.51. The average Bonchev–Trinajstić information content (AvgIpc) is 3.15. The topological polar surface area (TPSA) is 90.5 Å². The first-order chi connectivity index (χ1) is 9.01. The molecule has 0 unspecified atom stereocenters. The van der Waals surface area contributed by atoms with Crippen LogP contribution in [0.25, 0.3) is 0 Å². The van der Waals surface area contributed by atoms with Gasteiger partial charge in [-0.15, -0.1) is 0 Å². The van der Waals surface area contributed by atoms with E-state index >= 15 is 0 Å². The summed E-state index contributed by atoms with van der Waals surface area (Å²) < 4.78 is 28.5. The summed E-state index contributed by atoms with van der Waals surface area (Å²) in [6.07, 6.45) is 6.32. The molecule has 2 fully saturated rings. The van der Waals surface area contributed by atoms with E-state index in [0.717, 1.165) is 38.5 Å². The highest BCUT2D eigenvalue weighted by Gasteiger charge is 2.40. The third kappa shape index (κ3) is 3.90. The largest absolute Gasteiger partial charge is 0.388 e. The molecule has 7 heteroatoms. The SMILES string of the molecule is N=C(N)CCN(C1CC1)S(=O)(=O)N1CCCCCC1. The molecule has 0 radical (unpaired) electrons. The molecule has 6 nitrogen and oxygen atoms in total. The molecule has 0 aromatic carbocycles. The third-order valence-corrected chi connectivity index (χ3v) is 5.83. The van der Waals surface area contributed by atoms with Crippen LogP contribution in [-0.4, -0.2) is 48.5 Å². The van der Waals surface area contributed by atoms with E-state index < -0.39 is 10.2 Å². The van der Waals surface area contributed by atoms with Crippen LogP contribution in [-0.2, 0) is 10.2 Å². The van der Waals surface area contributed by atoms with Gasteiger partial charge in [0.15, 0.2) is 0 Å². The van der Waals surface area contributed by atoms with Crippen LogP contribution in [0.5, 0.6) is 0 Å². The molecule has 2 rings (SSSR count). The van der Waals surface area contributed by atoms with Crippen molar-refractivity contribution in [1.29, 1.82) is 5.41 Å². The van der Waals surface area contributed by atoms with Crippen molar-refractivity contribution >= 4 is 16.0 Å². The Morgan fingerprint density at radius 2 is 1.79 bits per heavy atom. The van der Waals surface area contributed by atoms with Gasteiger partial charge in [0.2, 0.25) is 0 Å². The fraction of sp³-hybridized carbons (Fsp3) is 0.917. The summed E-state index contributed by atoms with van der Waals surface area (Å²) in [5.74, 6) is 0.0525. The Morgan fingerprint density at radius 3 is 2.26 bits per heavy atom. The predicted octanol–water partition coefficient (Wildman–Crippen LogP) is 0.898. The quantitative estimate of drug-likeness (QED) is 0.562. The molecule has 0 aromatic heterocycles. The number of hydrogen-bond donors (Lipinski definition) is 2. The van der Waals surface area contributed by atoms with E-state index in [1.165, 1.54) is 0 Å². The lowest BCUT2D eigenvalue weighted by Crippen LogP contribution is -2.46. The molecular formula is C12H24N4O2S. The van der Waals surface area contributed by atoms with Crippen LogP contribution in [0.1, 0.15) is 44.9 Å². The summed E-state index contributed by atoms with van der Waals surface area (Å²) >= 11 is 0. The van der Waals surface area contributed by atoms with Crippen molar-refractivity contribution in [2.75, 3.05) is 19.6 Å². The summed E-state index contributed by atoms with van der Waals surface area (Å²) in [7, 11) is -3.37. The number of nitrogens with two attached hydrogens (primary N) is 1. The minimum absolute atomic E-state index is 0.0525. The van der Waals surface area contributed by atoms with Crippen molar-refractivity contribution in [3.8, 4) is 0 Å². The molecule has 1 aliphatic heterocycles. The second-order valence-electron chi connectivity index (χ2n) is 5.44. The van der Waals surface area contributed by atoms with E-state index in [-0.39, 0.29) is 11.9 Å². The number of hydrogen-bond acceptors (Lipinski definition) is 3. The Labute approximate surface area is 115 Å². The molecule has 0 bridgehead atoms. The van der Waals surface area contributed by atoms with Crippen LogP contribution < -0.4 is 5.73 Å². The standard InChI is InChI=1S/C12H24N4O2S/c13-12(14)7-10-16(11-5-6-11)19(17,18)15-8-3-1-2-4-9-15/h11H,1-10H2,(H3,13,14). The van der Waals surface area contributed by atoms with Gasteiger partial charge in [-0.1, -0.05) is 12.8 Å². The number of nitrogens with zero attached hydrogens (tertiary/aromatic N) is 2. The van der Waals surface area contributed by atoms with Gasteiger partial charge in [0.25, 0.3) is 10.2 Å². The van der Waals surface area contributed by atoms with Crippen LogP contribution in [0.2, 0.25) is 0 Å². The van der Waals surface area contributed by atoms with Gasteiger partial charge in [-0.25, -0.2) is 0 Å². The van der Waals surface area contributed by atoms with E-state index in [4.69, 9.17) is 11.1 Å². The maximum atomic E-state index is 12.7. The molecule has 0 atom stereocenters. The van der Waals surface area contributed by atoms with Crippen molar-refractivity contribution in [3.05, 3.63) is 0 Å². The van der Waals surface area contributed by atoms with Crippen LogP contribution in [0.15, 0.2) is 0 Å². The molecule has 1 heterocycles. The van der Waals surface area contributed by atoms with Crippen molar-refractivity contribution in [2.45, 2.75) is 51.0 Å². The fourth-order valence-electron chi connectivity index (χ4n) is 2.50. The number of amidine groups is 1. The van der Waals surface area contributed by atoms with Gasteiger partial charge in [-0.3, -0.25) is 5.41 Å². The van der Waals surface area contributed by atoms with Gasteiger partial charge in [0, 0.05) is 32.1 Å². The maximum Gasteiger partial charge on any atom is 0.282 e. The Bertz CT molecular complexity index is 411. The van der Waals surface area contributed by atoms with Crippen molar-refractivity contribution < 1.29 is 8.42 Å². The number of rotatable bonds is 6. The van der Waals surface area contributed by atoms with Gasteiger partial charge >= 0.3 is 0 Å². The lowest BCUT2D eigenvalue weighted by atomic mass is 10.2. The molecule has 0 aromatic rings. The minimum atomic E-state index is -3.37. The highest BCUT2D eigenvalue weighted by Crippen LogP contribution is 2.31. The van der Waals surface area contributed by atoms with E-state index in [1.807, 2.05) is 0 Å². The molecule has 110 valence electrons. The van der Waals surface area contributed by atoms with Crippen LogP contribution in [0.3, 0.4) is 0 Å². The fourth-order valence-corrected chi connectivity index (χ4v) is 4.43. The molecule has 0 spiro atoms. The zero-order valence-electron chi connectivity index (χ0n) is 11.3. The van der Waals surface area contributed by atoms with Crippen LogP contribution >= 0.6 is 0 Å². The molecular weight excluding hydrogens is 264 g/mol. The van der Waals surface area contributed by atoms with Gasteiger partial charge in [-0.2, -0.15) is 17.0 Å². The lowest BCUT2D eigenvalue weighted by molar-refractivity contribution is 0.338. The van der Waals surface area contributed by atoms with Gasteiger partial charge in [0.1, 0.15) is 0 Å². The molecule has 1 saturated heterocycles. The zero-order valence-corrected chi connectivity index (χ0v) is 12.2. The average molecular weight is 288 g/mol. The number of nitrogens with one attached hydrogen (secondary N) is 1. The van der Waals surface area contributed by atoms with E-state index in [2.05, 4.69) is 0 Å². The Kier molecular flexibility index (Phi) is 4.81. The van der Waals surface area contributed by atoms with Crippen molar-refractivity contribution in [3.63, 3.8) is 0 Å². The van der Waals surface area contributed by atoms with Crippen molar-refractivity contribution in [1.82, 2.24) is 8.61 Å². The normalized spacial score (nSPS) is 22.4.